The molecule has 4 aromatic rings. The monoisotopic (exact) mass is 489 g/mol. The lowest BCUT2D eigenvalue weighted by atomic mass is 9.92. The van der Waals surface area contributed by atoms with Gasteiger partial charge < -0.3 is 5.11 Å². The molecular weight excluding hydrogens is 463 g/mol. The summed E-state index contributed by atoms with van der Waals surface area (Å²) in [7, 11) is 0. The molecule has 0 aromatic heterocycles. The Morgan fingerprint density at radius 1 is 0.833 bits per heavy atom. The Morgan fingerprint density at radius 3 is 1.97 bits per heavy atom. The van der Waals surface area contributed by atoms with E-state index in [-0.39, 0.29) is 12.1 Å². The van der Waals surface area contributed by atoms with Crippen LogP contribution in [0.2, 0.25) is 0 Å². The quantitative estimate of drug-likeness (QED) is 0.247. The van der Waals surface area contributed by atoms with E-state index in [4.69, 9.17) is 0 Å². The van der Waals surface area contributed by atoms with Crippen molar-refractivity contribution in [2.45, 2.75) is 32.0 Å². The van der Waals surface area contributed by atoms with E-state index >= 15 is 8.78 Å². The van der Waals surface area contributed by atoms with Gasteiger partial charge in [0.05, 0.1) is 12.5 Å². The molecule has 1 N–H and O–H groups in total. The van der Waals surface area contributed by atoms with E-state index in [1.165, 1.54) is 0 Å². The molecule has 4 rings (SSSR count). The van der Waals surface area contributed by atoms with E-state index in [1.54, 1.807) is 35.2 Å². The second-order valence-corrected chi connectivity index (χ2v) is 8.67. The minimum atomic E-state index is -1.38. The number of carbonyl (C=O) groups is 1. The number of carboxylic acids is 1. The molecule has 2 atom stereocenters. The molecule has 0 fully saturated rings. The standard InChI is InChI=1S/C30H26F3NO2/c1-20(22-13-7-3-8-14-22)34(19-21-11-5-2-6-12-21)26(18-27(35)36)28-29(32)24(17-25(31)30(28)33)23-15-9-4-10-16-23/h2-17,20,26H,18-19H2,1H3,(H,35,36)/t20-,26?/m1/s1. The first-order valence-corrected chi connectivity index (χ1v) is 11.7. The summed E-state index contributed by atoms with van der Waals surface area (Å²) in [5.74, 6) is -4.82. The van der Waals surface area contributed by atoms with Crippen LogP contribution in [0.3, 0.4) is 0 Å². The molecule has 0 heterocycles. The fourth-order valence-electron chi connectivity index (χ4n) is 4.53. The minimum Gasteiger partial charge on any atom is -0.481 e. The molecule has 0 radical (unpaired) electrons. The fourth-order valence-corrected chi connectivity index (χ4v) is 4.53. The van der Waals surface area contributed by atoms with Crippen LogP contribution in [0, 0.1) is 17.5 Å². The molecule has 0 amide bonds. The molecule has 0 saturated carbocycles. The van der Waals surface area contributed by atoms with Gasteiger partial charge in [0.25, 0.3) is 0 Å². The number of nitrogens with zero attached hydrogens (tertiary/aromatic N) is 1. The van der Waals surface area contributed by atoms with Gasteiger partial charge in [-0.3, -0.25) is 9.69 Å². The van der Waals surface area contributed by atoms with E-state index in [2.05, 4.69) is 0 Å². The molecule has 0 aliphatic carbocycles. The molecule has 0 aliphatic rings. The summed E-state index contributed by atoms with van der Waals surface area (Å²) in [6.45, 7) is 2.05. The number of aliphatic carboxylic acids is 1. The predicted molar refractivity (Wildman–Crippen MR) is 134 cm³/mol. The van der Waals surface area contributed by atoms with Crippen molar-refractivity contribution in [3.05, 3.63) is 131 Å². The average molecular weight is 490 g/mol. The molecule has 0 bridgehead atoms. The number of hydrogen-bond donors (Lipinski definition) is 1. The molecule has 4 aromatic carbocycles. The summed E-state index contributed by atoms with van der Waals surface area (Å²) in [4.78, 5) is 13.7. The summed E-state index contributed by atoms with van der Waals surface area (Å²) >= 11 is 0. The van der Waals surface area contributed by atoms with E-state index in [0.29, 0.717) is 5.56 Å². The first-order chi connectivity index (χ1) is 17.4. The Labute approximate surface area is 208 Å². The minimum absolute atomic E-state index is 0.119. The molecule has 184 valence electrons. The van der Waals surface area contributed by atoms with Crippen molar-refractivity contribution in [3.8, 4) is 11.1 Å². The maximum Gasteiger partial charge on any atom is 0.305 e. The highest BCUT2D eigenvalue weighted by atomic mass is 19.2. The number of carboxylic acid groups (broad SMARTS) is 1. The maximum absolute atomic E-state index is 16.0. The number of hydrogen-bond acceptors (Lipinski definition) is 2. The van der Waals surface area contributed by atoms with Gasteiger partial charge in [-0.1, -0.05) is 91.0 Å². The zero-order valence-electron chi connectivity index (χ0n) is 19.7. The van der Waals surface area contributed by atoms with Gasteiger partial charge in [0.2, 0.25) is 0 Å². The number of benzene rings is 4. The van der Waals surface area contributed by atoms with Crippen molar-refractivity contribution in [2.75, 3.05) is 0 Å². The van der Waals surface area contributed by atoms with Gasteiger partial charge >= 0.3 is 5.97 Å². The van der Waals surface area contributed by atoms with Crippen molar-refractivity contribution in [1.29, 1.82) is 0 Å². The van der Waals surface area contributed by atoms with E-state index in [0.717, 1.165) is 17.2 Å². The summed E-state index contributed by atoms with van der Waals surface area (Å²) in [6.07, 6.45) is -0.616. The Balaban J connectivity index is 1.91. The van der Waals surface area contributed by atoms with Gasteiger partial charge in [-0.15, -0.1) is 0 Å². The van der Waals surface area contributed by atoms with Gasteiger partial charge in [0, 0.05) is 23.7 Å². The summed E-state index contributed by atoms with van der Waals surface area (Å²) in [5.41, 5.74) is 1.33. The lowest BCUT2D eigenvalue weighted by Gasteiger charge is -2.37. The molecule has 36 heavy (non-hydrogen) atoms. The van der Waals surface area contributed by atoms with Crippen LogP contribution in [0.5, 0.6) is 0 Å². The van der Waals surface area contributed by atoms with Crippen molar-refractivity contribution in [1.82, 2.24) is 4.90 Å². The van der Waals surface area contributed by atoms with Crippen molar-refractivity contribution in [3.63, 3.8) is 0 Å². The van der Waals surface area contributed by atoms with E-state index in [9.17, 15) is 14.3 Å². The van der Waals surface area contributed by atoms with Crippen LogP contribution in [0.25, 0.3) is 11.1 Å². The Kier molecular flexibility index (Phi) is 7.86. The topological polar surface area (TPSA) is 40.5 Å². The highest BCUT2D eigenvalue weighted by Crippen LogP contribution is 2.40. The smallest absolute Gasteiger partial charge is 0.305 e. The van der Waals surface area contributed by atoms with Crippen LogP contribution in [0.4, 0.5) is 13.2 Å². The summed E-state index contributed by atoms with van der Waals surface area (Å²) in [5, 5.41) is 9.78. The van der Waals surface area contributed by atoms with Crippen LogP contribution in [0.1, 0.15) is 42.1 Å². The van der Waals surface area contributed by atoms with Crippen molar-refractivity contribution < 1.29 is 23.1 Å². The molecule has 3 nitrogen and oxygen atoms in total. The number of rotatable bonds is 9. The van der Waals surface area contributed by atoms with Gasteiger partial charge in [-0.25, -0.2) is 13.2 Å². The lowest BCUT2D eigenvalue weighted by molar-refractivity contribution is -0.139. The van der Waals surface area contributed by atoms with Crippen LogP contribution in [0.15, 0.2) is 97.1 Å². The Hall–Kier alpha value is -3.90. The normalized spacial score (nSPS) is 12.9. The van der Waals surface area contributed by atoms with Gasteiger partial charge in [-0.05, 0) is 29.7 Å². The van der Waals surface area contributed by atoms with Crippen molar-refractivity contribution in [2.24, 2.45) is 0 Å². The van der Waals surface area contributed by atoms with Gasteiger partial charge in [-0.2, -0.15) is 0 Å². The third-order valence-corrected chi connectivity index (χ3v) is 6.36. The SMILES string of the molecule is C[C@H](c1ccccc1)N(Cc1ccccc1)C(CC(=O)O)c1c(F)c(F)cc(-c2ccccc2)c1F. The molecule has 0 aliphatic heterocycles. The van der Waals surface area contributed by atoms with Crippen molar-refractivity contribution >= 4 is 5.97 Å². The predicted octanol–water partition coefficient (Wildman–Crippen LogP) is 7.55. The highest BCUT2D eigenvalue weighted by molar-refractivity contribution is 5.69. The third-order valence-electron chi connectivity index (χ3n) is 6.36. The summed E-state index contributed by atoms with van der Waals surface area (Å²) < 4.78 is 46.3. The van der Waals surface area contributed by atoms with Gasteiger partial charge in [0.1, 0.15) is 5.82 Å². The number of halogens is 3. The Morgan fingerprint density at radius 2 is 1.39 bits per heavy atom. The molecule has 6 heteroatoms. The van der Waals surface area contributed by atoms with Gasteiger partial charge in [0.15, 0.2) is 11.6 Å². The van der Waals surface area contributed by atoms with Crippen LogP contribution in [-0.2, 0) is 11.3 Å². The Bertz CT molecular complexity index is 1310. The fraction of sp³-hybridized carbons (Fsp3) is 0.167. The second-order valence-electron chi connectivity index (χ2n) is 8.67. The molecule has 0 spiro atoms. The second kappa shape index (κ2) is 11.2. The molecule has 0 saturated heterocycles. The third kappa shape index (κ3) is 5.50. The lowest BCUT2D eigenvalue weighted by Crippen LogP contribution is -2.34. The van der Waals surface area contributed by atoms with E-state index in [1.807, 2.05) is 67.6 Å². The molecular formula is C30H26F3NO2. The summed E-state index contributed by atoms with van der Waals surface area (Å²) in [6, 6.07) is 25.9. The average Bonchev–Trinajstić information content (AvgIpc) is 2.90. The maximum atomic E-state index is 16.0. The first kappa shape index (κ1) is 25.2. The highest BCUT2D eigenvalue weighted by Gasteiger charge is 2.34. The zero-order chi connectivity index (χ0) is 25.7. The largest absolute Gasteiger partial charge is 0.481 e. The van der Waals surface area contributed by atoms with Crippen LogP contribution < -0.4 is 0 Å². The van der Waals surface area contributed by atoms with E-state index < -0.39 is 47.5 Å². The van der Waals surface area contributed by atoms with Crippen LogP contribution >= 0.6 is 0 Å². The first-order valence-electron chi connectivity index (χ1n) is 11.7. The molecule has 1 unspecified atom stereocenters. The van der Waals surface area contributed by atoms with Crippen LogP contribution in [-0.4, -0.2) is 16.0 Å². The zero-order valence-corrected chi connectivity index (χ0v) is 19.7.